The Hall–Kier alpha value is -1.71. The Morgan fingerprint density at radius 2 is 1.90 bits per heavy atom. The van der Waals surface area contributed by atoms with Crippen LogP contribution in [0.4, 0.5) is 0 Å². The molecule has 0 saturated heterocycles. The largest absolute Gasteiger partial charge is 0.358 e. The highest BCUT2D eigenvalue weighted by molar-refractivity contribution is 7.99. The zero-order chi connectivity index (χ0) is 14.2. The van der Waals surface area contributed by atoms with Crippen LogP contribution in [0, 0.1) is 0 Å². The van der Waals surface area contributed by atoms with E-state index in [4.69, 9.17) is 0 Å². The smallest absolute Gasteiger partial charge is 0.0460 e. The van der Waals surface area contributed by atoms with Crippen molar-refractivity contribution in [3.8, 4) is 0 Å². The quantitative estimate of drug-likeness (QED) is 0.759. The highest BCUT2D eigenvalue weighted by atomic mass is 32.2. The number of likely N-dealkylation sites (N-methyl/N-ethyl adjacent to an activating group) is 1. The van der Waals surface area contributed by atoms with E-state index >= 15 is 0 Å². The Kier molecular flexibility index (Phi) is 3.24. The van der Waals surface area contributed by atoms with Gasteiger partial charge in [-0.3, -0.25) is 0 Å². The Bertz CT molecular complexity index is 777. The highest BCUT2D eigenvalue weighted by Crippen LogP contribution is 2.33. The minimum absolute atomic E-state index is 1.05. The van der Waals surface area contributed by atoms with Crippen LogP contribution in [0.2, 0.25) is 0 Å². The number of benzene rings is 2. The van der Waals surface area contributed by atoms with Gasteiger partial charge in [0.15, 0.2) is 0 Å². The van der Waals surface area contributed by atoms with E-state index in [1.54, 1.807) is 0 Å². The Balaban J connectivity index is 1.74. The molecule has 21 heavy (non-hydrogen) atoms. The Morgan fingerprint density at radius 3 is 2.76 bits per heavy atom. The normalized spacial score (nSPS) is 15.3. The van der Waals surface area contributed by atoms with Crippen LogP contribution in [0.3, 0.4) is 0 Å². The van der Waals surface area contributed by atoms with Crippen LogP contribution < -0.4 is 0 Å². The van der Waals surface area contributed by atoms with Gasteiger partial charge >= 0.3 is 0 Å². The molecule has 0 radical (unpaired) electrons. The number of fused-ring (bicyclic) bond motifs is 3. The first kappa shape index (κ1) is 13.0. The summed E-state index contributed by atoms with van der Waals surface area (Å²) in [6, 6.07) is 17.3. The predicted molar refractivity (Wildman–Crippen MR) is 88.9 cm³/mol. The van der Waals surface area contributed by atoms with E-state index in [1.165, 1.54) is 32.0 Å². The lowest BCUT2D eigenvalue weighted by atomic mass is 10.1. The first-order valence-corrected chi connectivity index (χ1v) is 8.16. The van der Waals surface area contributed by atoms with E-state index in [0.29, 0.717) is 0 Å². The van der Waals surface area contributed by atoms with Gasteiger partial charge in [-0.1, -0.05) is 30.0 Å². The molecule has 0 unspecified atom stereocenters. The summed E-state index contributed by atoms with van der Waals surface area (Å²) in [4.78, 5) is 8.59. The Labute approximate surface area is 129 Å². The third-order valence-electron chi connectivity index (χ3n) is 4.12. The molecule has 0 amide bonds. The van der Waals surface area contributed by atoms with Gasteiger partial charge in [0.2, 0.25) is 0 Å². The maximum Gasteiger partial charge on any atom is 0.0460 e. The topological polar surface area (TPSA) is 19.0 Å². The van der Waals surface area contributed by atoms with E-state index in [-0.39, 0.29) is 0 Å². The van der Waals surface area contributed by atoms with E-state index in [0.717, 1.165) is 19.5 Å². The molecule has 3 aromatic rings. The molecule has 2 aromatic carbocycles. The van der Waals surface area contributed by atoms with Gasteiger partial charge in [-0.05, 0) is 42.9 Å². The van der Waals surface area contributed by atoms with Crippen molar-refractivity contribution in [2.24, 2.45) is 0 Å². The molecule has 106 valence electrons. The molecule has 1 aromatic heterocycles. The SMILES string of the molecule is CN1CCc2[nH]c3ccc(Sc4ccccc4)cc3c2C1. The van der Waals surface area contributed by atoms with Crippen LogP contribution in [-0.4, -0.2) is 23.5 Å². The summed E-state index contributed by atoms with van der Waals surface area (Å²) >= 11 is 1.83. The molecule has 4 rings (SSSR count). The fourth-order valence-corrected chi connectivity index (χ4v) is 3.89. The molecule has 1 N–H and O–H groups in total. The molecule has 0 fully saturated rings. The summed E-state index contributed by atoms with van der Waals surface area (Å²) < 4.78 is 0. The fourth-order valence-electron chi connectivity index (χ4n) is 3.02. The number of rotatable bonds is 2. The van der Waals surface area contributed by atoms with Crippen molar-refractivity contribution in [2.45, 2.75) is 22.8 Å². The molecule has 3 heteroatoms. The molecule has 0 bridgehead atoms. The zero-order valence-electron chi connectivity index (χ0n) is 12.1. The van der Waals surface area contributed by atoms with Gasteiger partial charge in [0, 0.05) is 45.9 Å². The molecular formula is C18H18N2S. The monoisotopic (exact) mass is 294 g/mol. The van der Waals surface area contributed by atoms with Gasteiger partial charge in [-0.2, -0.15) is 0 Å². The second-order valence-corrected chi connectivity index (χ2v) is 6.84. The summed E-state index contributed by atoms with van der Waals surface area (Å²) in [5, 5.41) is 1.39. The van der Waals surface area contributed by atoms with Crippen LogP contribution in [0.1, 0.15) is 11.3 Å². The summed E-state index contributed by atoms with van der Waals surface area (Å²) in [6.07, 6.45) is 1.13. The minimum atomic E-state index is 1.05. The summed E-state index contributed by atoms with van der Waals surface area (Å²) in [5.41, 5.74) is 4.17. The van der Waals surface area contributed by atoms with Crippen LogP contribution in [-0.2, 0) is 13.0 Å². The second-order valence-electron chi connectivity index (χ2n) is 5.69. The van der Waals surface area contributed by atoms with Crippen LogP contribution in [0.15, 0.2) is 58.3 Å². The molecule has 1 aliphatic rings. The predicted octanol–water partition coefficient (Wildman–Crippen LogP) is 4.31. The van der Waals surface area contributed by atoms with Crippen molar-refractivity contribution >= 4 is 22.7 Å². The Morgan fingerprint density at radius 1 is 1.05 bits per heavy atom. The van der Waals surface area contributed by atoms with Crippen molar-refractivity contribution in [1.29, 1.82) is 0 Å². The lowest BCUT2D eigenvalue weighted by Crippen LogP contribution is -2.25. The number of aromatic nitrogens is 1. The van der Waals surface area contributed by atoms with Crippen molar-refractivity contribution in [3.05, 3.63) is 59.8 Å². The third kappa shape index (κ3) is 2.47. The van der Waals surface area contributed by atoms with E-state index in [9.17, 15) is 0 Å². The number of nitrogens with one attached hydrogen (secondary N) is 1. The third-order valence-corrected chi connectivity index (χ3v) is 5.11. The van der Waals surface area contributed by atoms with Crippen LogP contribution in [0.25, 0.3) is 10.9 Å². The van der Waals surface area contributed by atoms with Crippen LogP contribution >= 0.6 is 11.8 Å². The number of nitrogens with zero attached hydrogens (tertiary/aromatic N) is 1. The number of H-pyrrole nitrogens is 1. The van der Waals surface area contributed by atoms with Crippen molar-refractivity contribution < 1.29 is 0 Å². The first-order valence-electron chi connectivity index (χ1n) is 7.34. The molecule has 0 atom stereocenters. The average Bonchev–Trinajstić information content (AvgIpc) is 2.86. The first-order chi connectivity index (χ1) is 10.3. The maximum absolute atomic E-state index is 3.59. The second kappa shape index (κ2) is 5.24. The molecule has 0 aliphatic carbocycles. The van der Waals surface area contributed by atoms with Crippen molar-refractivity contribution in [3.63, 3.8) is 0 Å². The minimum Gasteiger partial charge on any atom is -0.358 e. The van der Waals surface area contributed by atoms with E-state index in [1.807, 2.05) is 11.8 Å². The van der Waals surface area contributed by atoms with Crippen LogP contribution in [0.5, 0.6) is 0 Å². The molecule has 2 nitrogen and oxygen atoms in total. The molecule has 0 spiro atoms. The van der Waals surface area contributed by atoms with Gasteiger partial charge < -0.3 is 9.88 Å². The molecule has 0 saturated carbocycles. The summed E-state index contributed by atoms with van der Waals surface area (Å²) in [6.45, 7) is 2.19. The van der Waals surface area contributed by atoms with Gasteiger partial charge in [0.1, 0.15) is 0 Å². The molecular weight excluding hydrogens is 276 g/mol. The highest BCUT2D eigenvalue weighted by Gasteiger charge is 2.18. The standard InChI is InChI=1S/C18H18N2S/c1-20-10-9-18-16(12-20)15-11-14(7-8-17(15)19-18)21-13-5-3-2-4-6-13/h2-8,11,19H,9-10,12H2,1H3. The van der Waals surface area contributed by atoms with E-state index in [2.05, 4.69) is 65.5 Å². The maximum atomic E-state index is 3.59. The molecule has 2 heterocycles. The zero-order valence-corrected chi connectivity index (χ0v) is 12.9. The van der Waals surface area contributed by atoms with Gasteiger partial charge in [0.25, 0.3) is 0 Å². The number of hydrogen-bond acceptors (Lipinski definition) is 2. The van der Waals surface area contributed by atoms with Gasteiger partial charge in [-0.25, -0.2) is 0 Å². The summed E-state index contributed by atoms with van der Waals surface area (Å²) in [5.74, 6) is 0. The number of hydrogen-bond donors (Lipinski definition) is 1. The van der Waals surface area contributed by atoms with E-state index < -0.39 is 0 Å². The lowest BCUT2D eigenvalue weighted by Gasteiger charge is -2.22. The lowest BCUT2D eigenvalue weighted by molar-refractivity contribution is 0.313. The number of aromatic amines is 1. The molecule has 1 aliphatic heterocycles. The fraction of sp³-hybridized carbons (Fsp3) is 0.222. The van der Waals surface area contributed by atoms with Crippen molar-refractivity contribution in [1.82, 2.24) is 9.88 Å². The van der Waals surface area contributed by atoms with Gasteiger partial charge in [-0.15, -0.1) is 0 Å². The average molecular weight is 294 g/mol. The van der Waals surface area contributed by atoms with Gasteiger partial charge in [0.05, 0.1) is 0 Å². The van der Waals surface area contributed by atoms with Crippen molar-refractivity contribution in [2.75, 3.05) is 13.6 Å². The summed E-state index contributed by atoms with van der Waals surface area (Å²) in [7, 11) is 2.20.